The molecule has 2 atom stereocenters. The Balaban J connectivity index is 1.61. The van der Waals surface area contributed by atoms with Crippen LogP contribution in [0.4, 0.5) is 0 Å². The third-order valence-electron chi connectivity index (χ3n) is 3.35. The van der Waals surface area contributed by atoms with E-state index in [2.05, 4.69) is 22.6 Å². The topological polar surface area (TPSA) is 50.9 Å². The standard InChI is InChI=1S/C12H21N3S/c1-9-15-11(8-16-9)5-6-14-7-10-3-2-4-12(10)13/h8,10,12,14H,2-7,13H2,1H3. The number of hydrogen-bond donors (Lipinski definition) is 2. The molecule has 1 saturated carbocycles. The first kappa shape index (κ1) is 12.0. The van der Waals surface area contributed by atoms with Crippen molar-refractivity contribution >= 4 is 11.3 Å². The summed E-state index contributed by atoms with van der Waals surface area (Å²) in [5, 5.41) is 6.81. The molecule has 4 heteroatoms. The van der Waals surface area contributed by atoms with Crippen LogP contribution in [0.1, 0.15) is 30.0 Å². The summed E-state index contributed by atoms with van der Waals surface area (Å²) < 4.78 is 0. The lowest BCUT2D eigenvalue weighted by Gasteiger charge is -2.15. The number of aryl methyl sites for hydroxylation is 1. The van der Waals surface area contributed by atoms with E-state index in [0.717, 1.165) is 24.5 Å². The van der Waals surface area contributed by atoms with Crippen LogP contribution in [0, 0.1) is 12.8 Å². The van der Waals surface area contributed by atoms with Crippen LogP contribution in [0.5, 0.6) is 0 Å². The Morgan fingerprint density at radius 1 is 1.56 bits per heavy atom. The smallest absolute Gasteiger partial charge is 0.0897 e. The summed E-state index contributed by atoms with van der Waals surface area (Å²) in [5.41, 5.74) is 7.24. The lowest BCUT2D eigenvalue weighted by Crippen LogP contribution is -2.33. The molecule has 1 aliphatic rings. The van der Waals surface area contributed by atoms with E-state index in [9.17, 15) is 0 Å². The molecule has 1 aliphatic carbocycles. The zero-order valence-electron chi connectivity index (χ0n) is 9.91. The van der Waals surface area contributed by atoms with Crippen LogP contribution in [0.25, 0.3) is 0 Å². The predicted octanol–water partition coefficient (Wildman–Crippen LogP) is 1.71. The van der Waals surface area contributed by atoms with Crippen molar-refractivity contribution in [3.8, 4) is 0 Å². The van der Waals surface area contributed by atoms with Crippen LogP contribution in [-0.2, 0) is 6.42 Å². The number of nitrogens with zero attached hydrogens (tertiary/aromatic N) is 1. The molecule has 0 spiro atoms. The molecular weight excluding hydrogens is 218 g/mol. The van der Waals surface area contributed by atoms with Gasteiger partial charge in [0, 0.05) is 24.4 Å². The molecule has 0 aromatic carbocycles. The van der Waals surface area contributed by atoms with Crippen molar-refractivity contribution in [1.29, 1.82) is 0 Å². The van der Waals surface area contributed by atoms with Gasteiger partial charge in [0.2, 0.25) is 0 Å². The van der Waals surface area contributed by atoms with E-state index >= 15 is 0 Å². The first-order chi connectivity index (χ1) is 7.75. The third kappa shape index (κ3) is 3.27. The maximum Gasteiger partial charge on any atom is 0.0897 e. The zero-order chi connectivity index (χ0) is 11.4. The first-order valence-corrected chi connectivity index (χ1v) is 7.01. The van der Waals surface area contributed by atoms with Crippen molar-refractivity contribution in [1.82, 2.24) is 10.3 Å². The lowest BCUT2D eigenvalue weighted by atomic mass is 10.0. The maximum absolute atomic E-state index is 6.02. The molecule has 2 rings (SSSR count). The number of nitrogens with one attached hydrogen (secondary N) is 1. The number of aromatic nitrogens is 1. The molecule has 3 nitrogen and oxygen atoms in total. The number of rotatable bonds is 5. The largest absolute Gasteiger partial charge is 0.327 e. The minimum Gasteiger partial charge on any atom is -0.327 e. The fourth-order valence-corrected chi connectivity index (χ4v) is 2.99. The summed E-state index contributed by atoms with van der Waals surface area (Å²) in [5.74, 6) is 0.692. The van der Waals surface area contributed by atoms with Crippen molar-refractivity contribution in [2.24, 2.45) is 11.7 Å². The number of thiazole rings is 1. The summed E-state index contributed by atoms with van der Waals surface area (Å²) >= 11 is 1.73. The SMILES string of the molecule is Cc1nc(CCNCC2CCCC2N)cs1. The Hall–Kier alpha value is -0.450. The summed E-state index contributed by atoms with van der Waals surface area (Å²) in [6.07, 6.45) is 4.84. The molecule has 1 fully saturated rings. The Morgan fingerprint density at radius 2 is 2.44 bits per heavy atom. The van der Waals surface area contributed by atoms with Gasteiger partial charge in [0.25, 0.3) is 0 Å². The van der Waals surface area contributed by atoms with Crippen molar-refractivity contribution < 1.29 is 0 Å². The lowest BCUT2D eigenvalue weighted by molar-refractivity contribution is 0.443. The summed E-state index contributed by atoms with van der Waals surface area (Å²) in [6.45, 7) is 4.15. The van der Waals surface area contributed by atoms with Crippen LogP contribution in [0.15, 0.2) is 5.38 Å². The molecule has 0 saturated heterocycles. The van der Waals surface area contributed by atoms with Crippen molar-refractivity contribution in [2.45, 2.75) is 38.6 Å². The molecule has 3 N–H and O–H groups in total. The van der Waals surface area contributed by atoms with Crippen LogP contribution in [0.3, 0.4) is 0 Å². The number of hydrogen-bond acceptors (Lipinski definition) is 4. The van der Waals surface area contributed by atoms with Crippen LogP contribution in [0.2, 0.25) is 0 Å². The predicted molar refractivity (Wildman–Crippen MR) is 68.7 cm³/mol. The van der Waals surface area contributed by atoms with Crippen LogP contribution in [-0.4, -0.2) is 24.1 Å². The van der Waals surface area contributed by atoms with E-state index < -0.39 is 0 Å². The highest BCUT2D eigenvalue weighted by molar-refractivity contribution is 7.09. The second-order valence-electron chi connectivity index (χ2n) is 4.67. The van der Waals surface area contributed by atoms with Gasteiger partial charge < -0.3 is 11.1 Å². The van der Waals surface area contributed by atoms with E-state index in [1.54, 1.807) is 11.3 Å². The zero-order valence-corrected chi connectivity index (χ0v) is 10.7. The quantitative estimate of drug-likeness (QED) is 0.769. The van der Waals surface area contributed by atoms with Gasteiger partial charge in [0.1, 0.15) is 0 Å². The monoisotopic (exact) mass is 239 g/mol. The van der Waals surface area contributed by atoms with Gasteiger partial charge in [-0.1, -0.05) is 6.42 Å². The van der Waals surface area contributed by atoms with Gasteiger partial charge in [-0.15, -0.1) is 11.3 Å². The average Bonchev–Trinajstić information content (AvgIpc) is 2.83. The molecule has 2 unspecified atom stereocenters. The highest BCUT2D eigenvalue weighted by atomic mass is 32.1. The minimum atomic E-state index is 0.425. The van der Waals surface area contributed by atoms with Crippen molar-refractivity contribution in [3.05, 3.63) is 16.1 Å². The fourth-order valence-electron chi connectivity index (χ4n) is 2.35. The highest BCUT2D eigenvalue weighted by Gasteiger charge is 2.22. The number of nitrogens with two attached hydrogens (primary N) is 1. The van der Waals surface area contributed by atoms with Crippen molar-refractivity contribution in [2.75, 3.05) is 13.1 Å². The van der Waals surface area contributed by atoms with Gasteiger partial charge >= 0.3 is 0 Å². The normalized spacial score (nSPS) is 25.1. The molecule has 1 aromatic rings. The molecular formula is C12H21N3S. The van der Waals surface area contributed by atoms with Crippen LogP contribution < -0.4 is 11.1 Å². The summed E-state index contributed by atoms with van der Waals surface area (Å²) in [4.78, 5) is 4.45. The summed E-state index contributed by atoms with van der Waals surface area (Å²) in [6, 6.07) is 0.425. The van der Waals surface area contributed by atoms with Gasteiger partial charge in [-0.05, 0) is 32.2 Å². The Morgan fingerprint density at radius 3 is 3.06 bits per heavy atom. The third-order valence-corrected chi connectivity index (χ3v) is 4.17. The molecule has 1 heterocycles. The van der Waals surface area contributed by atoms with E-state index in [-0.39, 0.29) is 0 Å². The van der Waals surface area contributed by atoms with E-state index in [1.165, 1.54) is 25.0 Å². The van der Waals surface area contributed by atoms with Gasteiger partial charge in [-0.3, -0.25) is 0 Å². The van der Waals surface area contributed by atoms with Crippen molar-refractivity contribution in [3.63, 3.8) is 0 Å². The van der Waals surface area contributed by atoms with E-state index in [1.807, 2.05) is 0 Å². The van der Waals surface area contributed by atoms with Gasteiger partial charge in [0.15, 0.2) is 0 Å². The highest BCUT2D eigenvalue weighted by Crippen LogP contribution is 2.22. The van der Waals surface area contributed by atoms with E-state index in [4.69, 9.17) is 5.73 Å². The molecule has 0 aliphatic heterocycles. The molecule has 0 bridgehead atoms. The second kappa shape index (κ2) is 5.75. The van der Waals surface area contributed by atoms with Gasteiger partial charge in [-0.2, -0.15) is 0 Å². The van der Waals surface area contributed by atoms with Gasteiger partial charge in [0.05, 0.1) is 10.7 Å². The Kier molecular flexibility index (Phi) is 4.32. The first-order valence-electron chi connectivity index (χ1n) is 6.13. The molecule has 0 radical (unpaired) electrons. The van der Waals surface area contributed by atoms with Gasteiger partial charge in [-0.25, -0.2) is 4.98 Å². The Bertz CT molecular complexity index is 324. The Labute approximate surface area is 101 Å². The maximum atomic E-state index is 6.02. The molecule has 1 aromatic heterocycles. The van der Waals surface area contributed by atoms with E-state index in [0.29, 0.717) is 12.0 Å². The van der Waals surface area contributed by atoms with Crippen LogP contribution >= 0.6 is 11.3 Å². The molecule has 0 amide bonds. The second-order valence-corrected chi connectivity index (χ2v) is 5.73. The minimum absolute atomic E-state index is 0.425. The molecule has 16 heavy (non-hydrogen) atoms. The molecule has 90 valence electrons. The fraction of sp³-hybridized carbons (Fsp3) is 0.750. The summed E-state index contributed by atoms with van der Waals surface area (Å²) in [7, 11) is 0. The average molecular weight is 239 g/mol.